The standard InChI is InChI=1S/C16H26N4O3.ClH/c1-11-9-12(5-8-17-11)18-13(21)10-20-14(22)16(19-15(20)23)6-3-2-4-7-16;/h11-12,17H,2-10H2,1H3,(H,18,21)(H,19,23);1H. The summed E-state index contributed by atoms with van der Waals surface area (Å²) in [5, 5.41) is 9.12. The summed E-state index contributed by atoms with van der Waals surface area (Å²) >= 11 is 0. The molecule has 2 saturated heterocycles. The molecule has 1 spiro atoms. The summed E-state index contributed by atoms with van der Waals surface area (Å²) in [5.74, 6) is -0.475. The molecule has 8 heteroatoms. The Morgan fingerprint density at radius 1 is 1.29 bits per heavy atom. The first-order valence-corrected chi connectivity index (χ1v) is 8.67. The van der Waals surface area contributed by atoms with Crippen molar-refractivity contribution in [2.24, 2.45) is 0 Å². The van der Waals surface area contributed by atoms with Gasteiger partial charge in [0.05, 0.1) is 0 Å². The van der Waals surface area contributed by atoms with Crippen LogP contribution in [0.2, 0.25) is 0 Å². The molecule has 2 aliphatic heterocycles. The Balaban J connectivity index is 0.00000208. The minimum absolute atomic E-state index is 0. The maximum absolute atomic E-state index is 12.6. The van der Waals surface area contributed by atoms with Gasteiger partial charge in [-0.3, -0.25) is 14.5 Å². The molecular formula is C16H27ClN4O3. The van der Waals surface area contributed by atoms with Crippen LogP contribution in [0.15, 0.2) is 0 Å². The van der Waals surface area contributed by atoms with Crippen LogP contribution in [0.3, 0.4) is 0 Å². The number of piperidine rings is 1. The molecule has 0 bridgehead atoms. The molecule has 0 radical (unpaired) electrons. The molecule has 136 valence electrons. The predicted molar refractivity (Wildman–Crippen MR) is 91.9 cm³/mol. The number of rotatable bonds is 3. The number of nitrogens with zero attached hydrogens (tertiary/aromatic N) is 1. The second-order valence-electron chi connectivity index (χ2n) is 7.11. The lowest BCUT2D eigenvalue weighted by Crippen LogP contribution is -2.51. The quantitative estimate of drug-likeness (QED) is 0.654. The van der Waals surface area contributed by atoms with Crippen molar-refractivity contribution in [1.82, 2.24) is 20.9 Å². The third-order valence-electron chi connectivity index (χ3n) is 5.24. The smallest absolute Gasteiger partial charge is 0.325 e. The summed E-state index contributed by atoms with van der Waals surface area (Å²) in [6.45, 7) is 2.78. The Labute approximate surface area is 148 Å². The Morgan fingerprint density at radius 2 is 2.00 bits per heavy atom. The zero-order chi connectivity index (χ0) is 16.4. The van der Waals surface area contributed by atoms with Crippen molar-refractivity contribution in [1.29, 1.82) is 0 Å². The van der Waals surface area contributed by atoms with Gasteiger partial charge in [-0.1, -0.05) is 19.3 Å². The van der Waals surface area contributed by atoms with Gasteiger partial charge in [-0.2, -0.15) is 0 Å². The van der Waals surface area contributed by atoms with Crippen LogP contribution in [0.4, 0.5) is 4.79 Å². The average Bonchev–Trinajstić information content (AvgIpc) is 2.72. The lowest BCUT2D eigenvalue weighted by molar-refractivity contribution is -0.136. The van der Waals surface area contributed by atoms with Crippen LogP contribution in [0, 0.1) is 0 Å². The van der Waals surface area contributed by atoms with E-state index in [0.29, 0.717) is 18.9 Å². The van der Waals surface area contributed by atoms with Gasteiger partial charge in [0.25, 0.3) is 5.91 Å². The van der Waals surface area contributed by atoms with Gasteiger partial charge in [-0.15, -0.1) is 12.4 Å². The average molecular weight is 359 g/mol. The molecule has 4 amide bonds. The van der Waals surface area contributed by atoms with Crippen LogP contribution < -0.4 is 16.0 Å². The Morgan fingerprint density at radius 3 is 2.67 bits per heavy atom. The minimum Gasteiger partial charge on any atom is -0.352 e. The summed E-state index contributed by atoms with van der Waals surface area (Å²) in [5.41, 5.74) is -0.751. The second kappa shape index (κ2) is 7.70. The minimum atomic E-state index is -0.751. The number of urea groups is 1. The highest BCUT2D eigenvalue weighted by Crippen LogP contribution is 2.33. The molecule has 3 N–H and O–H groups in total. The number of amides is 4. The predicted octanol–water partition coefficient (Wildman–Crippen LogP) is 0.920. The fraction of sp³-hybridized carbons (Fsp3) is 0.812. The Kier molecular flexibility index (Phi) is 6.09. The summed E-state index contributed by atoms with van der Waals surface area (Å²) in [6.07, 6.45) is 6.09. The van der Waals surface area contributed by atoms with E-state index in [2.05, 4.69) is 22.9 Å². The molecule has 0 aromatic heterocycles. The van der Waals surface area contributed by atoms with Crippen molar-refractivity contribution in [3.8, 4) is 0 Å². The third-order valence-corrected chi connectivity index (χ3v) is 5.24. The summed E-state index contributed by atoms with van der Waals surface area (Å²) in [4.78, 5) is 38.1. The van der Waals surface area contributed by atoms with Crippen molar-refractivity contribution in [2.75, 3.05) is 13.1 Å². The molecular weight excluding hydrogens is 332 g/mol. The lowest BCUT2D eigenvalue weighted by Gasteiger charge is -2.30. The molecule has 3 aliphatic rings. The zero-order valence-electron chi connectivity index (χ0n) is 14.1. The van der Waals surface area contributed by atoms with Gasteiger partial charge in [0, 0.05) is 12.1 Å². The van der Waals surface area contributed by atoms with Crippen LogP contribution in [0.25, 0.3) is 0 Å². The van der Waals surface area contributed by atoms with E-state index in [0.717, 1.165) is 43.5 Å². The number of halogens is 1. The van der Waals surface area contributed by atoms with E-state index in [1.807, 2.05) is 0 Å². The topological polar surface area (TPSA) is 90.5 Å². The molecule has 2 heterocycles. The van der Waals surface area contributed by atoms with Gasteiger partial charge >= 0.3 is 6.03 Å². The van der Waals surface area contributed by atoms with Crippen molar-refractivity contribution in [2.45, 2.75) is 69.5 Å². The Hall–Kier alpha value is -1.34. The normalized spacial score (nSPS) is 29.1. The maximum Gasteiger partial charge on any atom is 0.325 e. The largest absolute Gasteiger partial charge is 0.352 e. The molecule has 2 unspecified atom stereocenters. The van der Waals surface area contributed by atoms with E-state index in [1.54, 1.807) is 0 Å². The number of carbonyl (C=O) groups excluding carboxylic acids is 3. The van der Waals surface area contributed by atoms with Gasteiger partial charge in [0.2, 0.25) is 5.91 Å². The van der Waals surface area contributed by atoms with E-state index in [9.17, 15) is 14.4 Å². The van der Waals surface area contributed by atoms with E-state index < -0.39 is 11.6 Å². The van der Waals surface area contributed by atoms with E-state index in [1.165, 1.54) is 0 Å². The Bertz CT molecular complexity index is 508. The fourth-order valence-corrected chi connectivity index (χ4v) is 3.99. The van der Waals surface area contributed by atoms with Crippen LogP contribution >= 0.6 is 12.4 Å². The first-order valence-electron chi connectivity index (χ1n) is 8.67. The molecule has 0 aromatic carbocycles. The summed E-state index contributed by atoms with van der Waals surface area (Å²) in [7, 11) is 0. The lowest BCUT2D eigenvalue weighted by atomic mass is 9.82. The number of hydrogen-bond donors (Lipinski definition) is 3. The van der Waals surface area contributed by atoms with Gasteiger partial charge in [-0.05, 0) is 39.2 Å². The van der Waals surface area contributed by atoms with Crippen molar-refractivity contribution in [3.05, 3.63) is 0 Å². The maximum atomic E-state index is 12.6. The van der Waals surface area contributed by atoms with Gasteiger partial charge in [0.1, 0.15) is 12.1 Å². The van der Waals surface area contributed by atoms with Crippen LogP contribution in [0.1, 0.15) is 51.9 Å². The van der Waals surface area contributed by atoms with Crippen molar-refractivity contribution >= 4 is 30.3 Å². The molecule has 0 aromatic rings. The van der Waals surface area contributed by atoms with Crippen molar-refractivity contribution < 1.29 is 14.4 Å². The van der Waals surface area contributed by atoms with Crippen molar-refractivity contribution in [3.63, 3.8) is 0 Å². The fourth-order valence-electron chi connectivity index (χ4n) is 3.99. The van der Waals surface area contributed by atoms with Gasteiger partial charge in [-0.25, -0.2) is 4.79 Å². The molecule has 7 nitrogen and oxygen atoms in total. The second-order valence-corrected chi connectivity index (χ2v) is 7.11. The van der Waals surface area contributed by atoms with E-state index in [-0.39, 0.29) is 36.8 Å². The number of imide groups is 1. The van der Waals surface area contributed by atoms with Crippen LogP contribution in [0.5, 0.6) is 0 Å². The third kappa shape index (κ3) is 3.83. The summed E-state index contributed by atoms with van der Waals surface area (Å²) < 4.78 is 0. The van der Waals surface area contributed by atoms with Crippen LogP contribution in [-0.2, 0) is 9.59 Å². The first kappa shape index (κ1) is 19.0. The molecule has 3 fully saturated rings. The van der Waals surface area contributed by atoms with Crippen LogP contribution in [-0.4, -0.2) is 53.5 Å². The van der Waals surface area contributed by atoms with Gasteiger partial charge < -0.3 is 16.0 Å². The monoisotopic (exact) mass is 358 g/mol. The molecule has 3 rings (SSSR count). The molecule has 1 saturated carbocycles. The number of hydrogen-bond acceptors (Lipinski definition) is 4. The highest BCUT2D eigenvalue weighted by Gasteiger charge is 2.51. The molecule has 2 atom stereocenters. The highest BCUT2D eigenvalue weighted by molar-refractivity contribution is 6.09. The number of carbonyl (C=O) groups is 3. The highest BCUT2D eigenvalue weighted by atomic mass is 35.5. The van der Waals surface area contributed by atoms with Gasteiger partial charge in [0.15, 0.2) is 0 Å². The van der Waals surface area contributed by atoms with E-state index in [4.69, 9.17) is 0 Å². The first-order chi connectivity index (χ1) is 11.0. The summed E-state index contributed by atoms with van der Waals surface area (Å²) in [6, 6.07) is 0.0603. The van der Waals surface area contributed by atoms with E-state index >= 15 is 0 Å². The molecule has 24 heavy (non-hydrogen) atoms. The zero-order valence-corrected chi connectivity index (χ0v) is 14.9. The molecule has 1 aliphatic carbocycles. The SMILES string of the molecule is CC1CC(NC(=O)CN2C(=O)NC3(CCCCC3)C2=O)CCN1.Cl. The number of nitrogens with one attached hydrogen (secondary N) is 3.